The summed E-state index contributed by atoms with van der Waals surface area (Å²) in [5.74, 6) is 0. The molecule has 2 aliphatic rings. The lowest BCUT2D eigenvalue weighted by atomic mass is 9.61. The fourth-order valence-corrected chi connectivity index (χ4v) is 6.09. The van der Waals surface area contributed by atoms with Crippen molar-refractivity contribution in [2.75, 3.05) is 0 Å². The van der Waals surface area contributed by atoms with Crippen molar-refractivity contribution in [2.45, 2.75) is 27.2 Å². The van der Waals surface area contributed by atoms with Gasteiger partial charge in [-0.1, -0.05) is 118 Å². The highest BCUT2D eigenvalue weighted by Crippen LogP contribution is 2.61. The first-order chi connectivity index (χ1) is 14.8. The second-order valence-corrected chi connectivity index (χ2v) is 8.54. The molecule has 0 bridgehead atoms. The van der Waals surface area contributed by atoms with E-state index in [4.69, 9.17) is 0 Å². The summed E-state index contributed by atoms with van der Waals surface area (Å²) in [5, 5.41) is 2.77. The Morgan fingerprint density at radius 1 is 0.438 bits per heavy atom. The molecule has 156 valence electrons. The average molecular weight is 413 g/mol. The van der Waals surface area contributed by atoms with Gasteiger partial charge in [-0.15, -0.1) is 0 Å². The van der Waals surface area contributed by atoms with Crippen molar-refractivity contribution in [3.05, 3.63) is 131 Å². The molecule has 0 aromatic heterocycles. The third kappa shape index (κ3) is 2.17. The number of hydrogen-bond acceptors (Lipinski definition) is 0. The zero-order valence-corrected chi connectivity index (χ0v) is 16.8. The summed E-state index contributed by atoms with van der Waals surface area (Å²) in [4.78, 5) is 0. The molecule has 2 aliphatic carbocycles. The van der Waals surface area contributed by atoms with E-state index in [-0.39, 0.29) is 20.3 Å². The molecule has 0 N–H and O–H groups in total. The number of fused-ring (bicyclic) bond motifs is 9. The molecular formula is C32H28. The highest BCUT2D eigenvalue weighted by Gasteiger charge is 2.49. The van der Waals surface area contributed by atoms with Crippen molar-refractivity contribution >= 4 is 10.8 Å². The predicted octanol–water partition coefficient (Wildman–Crippen LogP) is 8.76. The van der Waals surface area contributed by atoms with Gasteiger partial charge >= 0.3 is 0 Å². The van der Waals surface area contributed by atoms with Crippen molar-refractivity contribution < 1.29 is 0 Å². The Balaban J connectivity index is 0.00000108. The van der Waals surface area contributed by atoms with Crippen molar-refractivity contribution in [1.29, 1.82) is 0 Å². The highest BCUT2D eigenvalue weighted by molar-refractivity contribution is 6.07. The van der Waals surface area contributed by atoms with Gasteiger partial charge < -0.3 is 0 Å². The van der Waals surface area contributed by atoms with E-state index < -0.39 is 0 Å². The maximum Gasteiger partial charge on any atom is 0.0725 e. The number of benzene rings is 5. The highest BCUT2D eigenvalue weighted by atomic mass is 14.5. The first kappa shape index (κ1) is 20.3. The van der Waals surface area contributed by atoms with E-state index in [0.29, 0.717) is 0 Å². The van der Waals surface area contributed by atoms with Gasteiger partial charge in [-0.3, -0.25) is 0 Å². The van der Waals surface area contributed by atoms with E-state index in [0.717, 1.165) is 0 Å². The third-order valence-corrected chi connectivity index (χ3v) is 7.24. The third-order valence-electron chi connectivity index (χ3n) is 7.24. The van der Waals surface area contributed by atoms with Crippen LogP contribution in [-0.4, -0.2) is 0 Å². The van der Waals surface area contributed by atoms with E-state index in [9.17, 15) is 0 Å². The Morgan fingerprint density at radius 3 is 1.47 bits per heavy atom. The molecular weight excluding hydrogens is 384 g/mol. The Labute approximate surface area is 191 Å². The summed E-state index contributed by atoms with van der Waals surface area (Å²) in [6.07, 6.45) is 0. The fraction of sp³-hybridized carbons (Fsp3) is 0.125. The zero-order valence-electron chi connectivity index (χ0n) is 16.8. The number of rotatable bonds is 0. The van der Waals surface area contributed by atoms with Crippen LogP contribution in [0.15, 0.2) is 103 Å². The van der Waals surface area contributed by atoms with Crippen molar-refractivity contribution in [3.8, 4) is 22.3 Å². The van der Waals surface area contributed by atoms with Gasteiger partial charge in [0.05, 0.1) is 5.41 Å². The molecule has 0 saturated heterocycles. The topological polar surface area (TPSA) is 0 Å². The summed E-state index contributed by atoms with van der Waals surface area (Å²) in [6.45, 7) is 2.23. The molecule has 32 heavy (non-hydrogen) atoms. The lowest BCUT2D eigenvalue weighted by Crippen LogP contribution is -2.31. The second kappa shape index (κ2) is 6.93. The maximum absolute atomic E-state index is 2.36. The van der Waals surface area contributed by atoms with Gasteiger partial charge in [-0.25, -0.2) is 0 Å². The monoisotopic (exact) mass is 412 g/mol. The van der Waals surface area contributed by atoms with E-state index >= 15 is 0 Å². The molecule has 1 spiro atoms. The van der Waals surface area contributed by atoms with Gasteiger partial charge in [0.2, 0.25) is 0 Å². The summed E-state index contributed by atoms with van der Waals surface area (Å²) >= 11 is 0. The average Bonchev–Trinajstić information content (AvgIpc) is 3.10. The molecule has 0 fully saturated rings. The standard InChI is InChI=1S/C30H20.2CH4/c1-19-17-18-24-23-11-4-7-15-27(23)30(28-16-8-12-20(19)29(24)28)25-13-5-2-9-21(25)22-10-3-6-14-26(22)30;;/h2-18H,1H3;2*1H4. The van der Waals surface area contributed by atoms with Gasteiger partial charge in [0.1, 0.15) is 0 Å². The Kier molecular flexibility index (Phi) is 4.39. The largest absolute Gasteiger partial charge is 0.0776 e. The maximum atomic E-state index is 2.36. The lowest BCUT2D eigenvalue weighted by molar-refractivity contribution is 0.773. The van der Waals surface area contributed by atoms with Crippen LogP contribution in [0, 0.1) is 6.92 Å². The van der Waals surface area contributed by atoms with Crippen molar-refractivity contribution in [3.63, 3.8) is 0 Å². The molecule has 0 heteroatoms. The van der Waals surface area contributed by atoms with Crippen LogP contribution >= 0.6 is 0 Å². The van der Waals surface area contributed by atoms with Gasteiger partial charge in [0.15, 0.2) is 0 Å². The van der Waals surface area contributed by atoms with Crippen LogP contribution in [0.2, 0.25) is 0 Å². The lowest BCUT2D eigenvalue weighted by Gasteiger charge is -2.40. The quantitative estimate of drug-likeness (QED) is 0.233. The molecule has 7 rings (SSSR count). The summed E-state index contributed by atoms with van der Waals surface area (Å²) < 4.78 is 0. The van der Waals surface area contributed by atoms with Crippen LogP contribution in [0.5, 0.6) is 0 Å². The van der Waals surface area contributed by atoms with Gasteiger partial charge in [0.25, 0.3) is 0 Å². The molecule has 5 aromatic rings. The van der Waals surface area contributed by atoms with Gasteiger partial charge in [0, 0.05) is 0 Å². The summed E-state index contributed by atoms with van der Waals surface area (Å²) in [6, 6.07) is 38.5. The molecule has 0 saturated carbocycles. The number of aryl methyl sites for hydroxylation is 1. The molecule has 5 aromatic carbocycles. The first-order valence-electron chi connectivity index (χ1n) is 10.6. The number of hydrogen-bond donors (Lipinski definition) is 0. The molecule has 0 amide bonds. The molecule has 0 heterocycles. The van der Waals surface area contributed by atoms with Crippen molar-refractivity contribution in [2.24, 2.45) is 0 Å². The summed E-state index contributed by atoms with van der Waals surface area (Å²) in [7, 11) is 0. The second-order valence-electron chi connectivity index (χ2n) is 8.54. The molecule has 0 radical (unpaired) electrons. The van der Waals surface area contributed by atoms with Crippen LogP contribution in [0.4, 0.5) is 0 Å². The minimum Gasteiger partial charge on any atom is -0.0776 e. The van der Waals surface area contributed by atoms with Crippen LogP contribution < -0.4 is 0 Å². The zero-order chi connectivity index (χ0) is 19.9. The predicted molar refractivity (Wildman–Crippen MR) is 138 cm³/mol. The first-order valence-corrected chi connectivity index (χ1v) is 10.6. The van der Waals surface area contributed by atoms with Crippen LogP contribution in [-0.2, 0) is 5.41 Å². The minimum absolute atomic E-state index is 0. The normalized spacial score (nSPS) is 13.5. The Bertz CT molecular complexity index is 1460. The van der Waals surface area contributed by atoms with E-state index in [2.05, 4.69) is 110 Å². The Morgan fingerprint density at radius 2 is 0.906 bits per heavy atom. The van der Waals surface area contributed by atoms with Crippen molar-refractivity contribution in [1.82, 2.24) is 0 Å². The van der Waals surface area contributed by atoms with Gasteiger partial charge in [-0.2, -0.15) is 0 Å². The minimum atomic E-state index is -0.274. The van der Waals surface area contributed by atoms with Crippen LogP contribution in [0.1, 0.15) is 42.7 Å². The van der Waals surface area contributed by atoms with E-state index in [1.165, 1.54) is 60.8 Å². The molecule has 0 unspecified atom stereocenters. The summed E-state index contributed by atoms with van der Waals surface area (Å²) in [5.41, 5.74) is 12.1. The molecule has 0 aliphatic heterocycles. The fourth-order valence-electron chi connectivity index (χ4n) is 6.09. The molecule has 0 atom stereocenters. The van der Waals surface area contributed by atoms with E-state index in [1.54, 1.807) is 0 Å². The Hall–Kier alpha value is -3.64. The van der Waals surface area contributed by atoms with Crippen LogP contribution in [0.25, 0.3) is 33.0 Å². The van der Waals surface area contributed by atoms with E-state index in [1.807, 2.05) is 0 Å². The smallest absolute Gasteiger partial charge is 0.0725 e. The SMILES string of the molecule is C.C.Cc1ccc2c3c(cccc13)C1(c3ccccc3-c3ccccc31)c1ccccc1-2. The molecule has 0 nitrogen and oxygen atoms in total. The van der Waals surface area contributed by atoms with Gasteiger partial charge in [-0.05, 0) is 67.8 Å². The van der Waals surface area contributed by atoms with Crippen LogP contribution in [0.3, 0.4) is 0 Å².